The lowest BCUT2D eigenvalue weighted by Crippen LogP contribution is -1.99. The minimum absolute atomic E-state index is 0.799. The minimum atomic E-state index is 0.799. The van der Waals surface area contributed by atoms with E-state index < -0.39 is 0 Å². The van der Waals surface area contributed by atoms with Crippen LogP contribution in [0.1, 0.15) is 18.0 Å². The SMILES string of the molecule is C1=Cn2nccc2C2CC12. The first-order chi connectivity index (χ1) is 4.95. The summed E-state index contributed by atoms with van der Waals surface area (Å²) in [4.78, 5) is 0. The van der Waals surface area contributed by atoms with E-state index >= 15 is 0 Å². The molecule has 50 valence electrons. The fraction of sp³-hybridized carbons (Fsp3) is 0.375. The van der Waals surface area contributed by atoms with Gasteiger partial charge in [-0.15, -0.1) is 0 Å². The molecule has 0 saturated heterocycles. The molecule has 2 nitrogen and oxygen atoms in total. The molecule has 0 aromatic carbocycles. The van der Waals surface area contributed by atoms with Crippen LogP contribution in [0.15, 0.2) is 18.3 Å². The summed E-state index contributed by atoms with van der Waals surface area (Å²) in [5, 5.41) is 4.16. The Morgan fingerprint density at radius 3 is 3.60 bits per heavy atom. The highest BCUT2D eigenvalue weighted by Crippen LogP contribution is 2.50. The molecule has 2 heteroatoms. The summed E-state index contributed by atoms with van der Waals surface area (Å²) in [6, 6.07) is 2.12. The van der Waals surface area contributed by atoms with Crippen LogP contribution in [0.4, 0.5) is 0 Å². The van der Waals surface area contributed by atoms with E-state index in [2.05, 4.69) is 23.4 Å². The summed E-state index contributed by atoms with van der Waals surface area (Å²) in [7, 11) is 0. The van der Waals surface area contributed by atoms with Gasteiger partial charge in [-0.25, -0.2) is 4.68 Å². The third kappa shape index (κ3) is 0.429. The lowest BCUT2D eigenvalue weighted by Gasteiger charge is -2.04. The van der Waals surface area contributed by atoms with E-state index in [1.807, 2.05) is 10.9 Å². The van der Waals surface area contributed by atoms with Crippen LogP contribution >= 0.6 is 0 Å². The molecule has 0 spiro atoms. The average Bonchev–Trinajstić information content (AvgIpc) is 2.60. The van der Waals surface area contributed by atoms with Gasteiger partial charge in [-0.3, -0.25) is 0 Å². The topological polar surface area (TPSA) is 17.8 Å². The molecule has 2 atom stereocenters. The van der Waals surface area contributed by atoms with Gasteiger partial charge >= 0.3 is 0 Å². The molecule has 2 unspecified atom stereocenters. The van der Waals surface area contributed by atoms with Crippen LogP contribution in [0.25, 0.3) is 6.20 Å². The number of rotatable bonds is 0. The van der Waals surface area contributed by atoms with E-state index in [4.69, 9.17) is 0 Å². The van der Waals surface area contributed by atoms with Crippen molar-refractivity contribution < 1.29 is 0 Å². The van der Waals surface area contributed by atoms with Gasteiger partial charge < -0.3 is 0 Å². The van der Waals surface area contributed by atoms with Crippen LogP contribution in [-0.4, -0.2) is 9.78 Å². The van der Waals surface area contributed by atoms with Gasteiger partial charge in [0.05, 0.1) is 0 Å². The van der Waals surface area contributed by atoms with Crippen molar-refractivity contribution in [3.05, 3.63) is 24.0 Å². The Hall–Kier alpha value is -1.05. The van der Waals surface area contributed by atoms with Gasteiger partial charge in [0, 0.05) is 24.0 Å². The zero-order valence-corrected chi connectivity index (χ0v) is 5.57. The predicted molar refractivity (Wildman–Crippen MR) is 38.4 cm³/mol. The maximum Gasteiger partial charge on any atom is 0.0496 e. The van der Waals surface area contributed by atoms with Crippen LogP contribution < -0.4 is 0 Å². The van der Waals surface area contributed by atoms with Crippen molar-refractivity contribution >= 4 is 6.20 Å². The number of fused-ring (bicyclic) bond motifs is 3. The van der Waals surface area contributed by atoms with E-state index in [-0.39, 0.29) is 0 Å². The van der Waals surface area contributed by atoms with Crippen molar-refractivity contribution in [1.82, 2.24) is 9.78 Å². The molecule has 0 N–H and O–H groups in total. The molecule has 0 bridgehead atoms. The standard InChI is InChI=1S/C8H8N2/c1-3-9-10-4-2-6-5-7(6)8(1)10/h1-4,6-7H,5H2. The van der Waals surface area contributed by atoms with Gasteiger partial charge in [0.25, 0.3) is 0 Å². The average molecular weight is 132 g/mol. The molecule has 1 aliphatic heterocycles. The van der Waals surface area contributed by atoms with Gasteiger partial charge in [0.2, 0.25) is 0 Å². The van der Waals surface area contributed by atoms with E-state index in [1.165, 1.54) is 12.1 Å². The first-order valence-electron chi connectivity index (χ1n) is 3.67. The Balaban J connectivity index is 2.26. The largest absolute Gasteiger partial charge is 0.245 e. The lowest BCUT2D eigenvalue weighted by molar-refractivity contribution is 0.805. The highest BCUT2D eigenvalue weighted by Gasteiger charge is 2.40. The molecular formula is C8H8N2. The normalized spacial score (nSPS) is 33.2. The van der Waals surface area contributed by atoms with Crippen LogP contribution in [0.2, 0.25) is 0 Å². The first-order valence-corrected chi connectivity index (χ1v) is 3.67. The Bertz CT molecular complexity index is 298. The fourth-order valence-electron chi connectivity index (χ4n) is 1.70. The summed E-state index contributed by atoms with van der Waals surface area (Å²) in [6.45, 7) is 0. The van der Waals surface area contributed by atoms with Crippen molar-refractivity contribution in [2.24, 2.45) is 5.92 Å². The van der Waals surface area contributed by atoms with Crippen LogP contribution in [0.5, 0.6) is 0 Å². The summed E-state index contributed by atoms with van der Waals surface area (Å²) in [5.41, 5.74) is 1.40. The molecule has 0 radical (unpaired) electrons. The van der Waals surface area contributed by atoms with Crippen LogP contribution in [0, 0.1) is 5.92 Å². The molecule has 2 heterocycles. The Labute approximate surface area is 59.2 Å². The van der Waals surface area contributed by atoms with Crippen molar-refractivity contribution in [1.29, 1.82) is 0 Å². The quantitative estimate of drug-likeness (QED) is 0.522. The third-order valence-corrected chi connectivity index (χ3v) is 2.40. The zero-order chi connectivity index (χ0) is 6.55. The number of hydrogen-bond acceptors (Lipinski definition) is 1. The minimum Gasteiger partial charge on any atom is -0.245 e. The molecule has 3 rings (SSSR count). The second-order valence-corrected chi connectivity index (χ2v) is 3.05. The molecular weight excluding hydrogens is 124 g/mol. The molecule has 2 aliphatic rings. The summed E-state index contributed by atoms with van der Waals surface area (Å²) >= 11 is 0. The fourth-order valence-corrected chi connectivity index (χ4v) is 1.70. The van der Waals surface area contributed by atoms with E-state index in [0.29, 0.717) is 0 Å². The predicted octanol–water partition coefficient (Wildman–Crippen LogP) is 1.47. The Morgan fingerprint density at radius 2 is 2.60 bits per heavy atom. The van der Waals surface area contributed by atoms with Crippen molar-refractivity contribution in [2.45, 2.75) is 12.3 Å². The monoisotopic (exact) mass is 132 g/mol. The third-order valence-electron chi connectivity index (χ3n) is 2.40. The van der Waals surface area contributed by atoms with Gasteiger partial charge in [0.15, 0.2) is 0 Å². The molecule has 1 aromatic rings. The van der Waals surface area contributed by atoms with Crippen LogP contribution in [-0.2, 0) is 0 Å². The van der Waals surface area contributed by atoms with Gasteiger partial charge in [-0.2, -0.15) is 5.10 Å². The summed E-state index contributed by atoms with van der Waals surface area (Å²) < 4.78 is 1.98. The van der Waals surface area contributed by atoms with Gasteiger partial charge in [0.1, 0.15) is 0 Å². The van der Waals surface area contributed by atoms with Crippen molar-refractivity contribution in [2.75, 3.05) is 0 Å². The van der Waals surface area contributed by atoms with Crippen molar-refractivity contribution in [3.8, 4) is 0 Å². The van der Waals surface area contributed by atoms with Gasteiger partial charge in [-0.1, -0.05) is 6.08 Å². The second kappa shape index (κ2) is 1.34. The molecule has 1 fully saturated rings. The number of nitrogens with zero attached hydrogens (tertiary/aromatic N) is 2. The van der Waals surface area contributed by atoms with Crippen molar-refractivity contribution in [3.63, 3.8) is 0 Å². The highest BCUT2D eigenvalue weighted by atomic mass is 15.3. The van der Waals surface area contributed by atoms with E-state index in [9.17, 15) is 0 Å². The van der Waals surface area contributed by atoms with E-state index in [1.54, 1.807) is 0 Å². The maximum atomic E-state index is 4.16. The highest BCUT2D eigenvalue weighted by molar-refractivity contribution is 5.38. The molecule has 10 heavy (non-hydrogen) atoms. The maximum absolute atomic E-state index is 4.16. The summed E-state index contributed by atoms with van der Waals surface area (Å²) in [6.07, 6.45) is 7.54. The molecule has 1 aromatic heterocycles. The molecule has 0 amide bonds. The first kappa shape index (κ1) is 4.72. The second-order valence-electron chi connectivity index (χ2n) is 3.05. The number of allylic oxidation sites excluding steroid dienone is 1. The molecule has 1 saturated carbocycles. The van der Waals surface area contributed by atoms with Crippen LogP contribution in [0.3, 0.4) is 0 Å². The zero-order valence-electron chi connectivity index (χ0n) is 5.57. The Kier molecular flexibility index (Phi) is 0.631. The van der Waals surface area contributed by atoms with Gasteiger partial charge in [-0.05, 0) is 18.4 Å². The number of hydrogen-bond donors (Lipinski definition) is 0. The Morgan fingerprint density at radius 1 is 1.60 bits per heavy atom. The molecule has 1 aliphatic carbocycles. The van der Waals surface area contributed by atoms with E-state index in [0.717, 1.165) is 11.8 Å². The smallest absolute Gasteiger partial charge is 0.0496 e. The number of aromatic nitrogens is 2. The lowest BCUT2D eigenvalue weighted by atomic mass is 10.2. The summed E-state index contributed by atoms with van der Waals surface area (Å²) in [5.74, 6) is 1.64.